The van der Waals surface area contributed by atoms with Crippen LogP contribution in [0, 0.1) is 6.92 Å². The Morgan fingerprint density at radius 1 is 1.29 bits per heavy atom. The molecule has 120 valence electrons. The van der Waals surface area contributed by atoms with Crippen LogP contribution in [0.2, 0.25) is 5.02 Å². The van der Waals surface area contributed by atoms with Crippen LogP contribution >= 0.6 is 22.9 Å². The zero-order valence-electron chi connectivity index (χ0n) is 12.7. The fourth-order valence-electron chi connectivity index (χ4n) is 2.48. The standard InChI is InChI=1S/C16H12ClN5OS/c1-9-10(17)6-7-13-15(9)19-16(24-13)18-14(23)8-22-12-5-3-2-4-11(12)20-21-22/h2-7H,8H2,1H3,(H,18,19,23). The average Bonchev–Trinajstić information content (AvgIpc) is 3.16. The molecule has 2 aromatic heterocycles. The zero-order chi connectivity index (χ0) is 16.7. The van der Waals surface area contributed by atoms with Crippen molar-refractivity contribution in [3.8, 4) is 0 Å². The van der Waals surface area contributed by atoms with E-state index in [2.05, 4.69) is 20.6 Å². The summed E-state index contributed by atoms with van der Waals surface area (Å²) in [6.07, 6.45) is 0. The number of para-hydroxylation sites is 1. The first kappa shape index (κ1) is 15.0. The minimum Gasteiger partial charge on any atom is -0.300 e. The van der Waals surface area contributed by atoms with Crippen molar-refractivity contribution in [1.82, 2.24) is 20.0 Å². The van der Waals surface area contributed by atoms with E-state index in [1.54, 1.807) is 4.68 Å². The minimum absolute atomic E-state index is 0.0795. The van der Waals surface area contributed by atoms with E-state index in [0.717, 1.165) is 26.8 Å². The average molecular weight is 358 g/mol. The van der Waals surface area contributed by atoms with Crippen LogP contribution in [-0.2, 0) is 11.3 Å². The molecule has 0 fully saturated rings. The number of thiazole rings is 1. The van der Waals surface area contributed by atoms with Crippen molar-refractivity contribution in [2.75, 3.05) is 5.32 Å². The number of benzene rings is 2. The first-order chi connectivity index (χ1) is 11.6. The lowest BCUT2D eigenvalue weighted by Crippen LogP contribution is -2.19. The van der Waals surface area contributed by atoms with Crippen LogP contribution in [0.25, 0.3) is 21.3 Å². The van der Waals surface area contributed by atoms with Crippen molar-refractivity contribution in [1.29, 1.82) is 0 Å². The maximum Gasteiger partial charge on any atom is 0.247 e. The van der Waals surface area contributed by atoms with Crippen LogP contribution in [0.15, 0.2) is 36.4 Å². The van der Waals surface area contributed by atoms with Crippen LogP contribution in [0.4, 0.5) is 5.13 Å². The molecule has 8 heteroatoms. The van der Waals surface area contributed by atoms with Gasteiger partial charge in [0.15, 0.2) is 5.13 Å². The van der Waals surface area contributed by atoms with Gasteiger partial charge in [-0.2, -0.15) is 0 Å². The molecule has 2 aromatic carbocycles. The summed E-state index contributed by atoms with van der Waals surface area (Å²) in [5.41, 5.74) is 3.30. The summed E-state index contributed by atoms with van der Waals surface area (Å²) in [6, 6.07) is 11.3. The Morgan fingerprint density at radius 2 is 2.12 bits per heavy atom. The third kappa shape index (κ3) is 2.61. The lowest BCUT2D eigenvalue weighted by atomic mass is 10.2. The van der Waals surface area contributed by atoms with Crippen LogP contribution in [0.5, 0.6) is 0 Å². The van der Waals surface area contributed by atoms with Crippen molar-refractivity contribution in [3.05, 3.63) is 47.0 Å². The molecule has 0 aliphatic carbocycles. The number of amides is 1. The first-order valence-electron chi connectivity index (χ1n) is 7.25. The molecule has 0 bridgehead atoms. The second-order valence-electron chi connectivity index (χ2n) is 5.32. The Morgan fingerprint density at radius 3 is 3.00 bits per heavy atom. The van der Waals surface area contributed by atoms with Crippen LogP contribution in [0.1, 0.15) is 5.56 Å². The first-order valence-corrected chi connectivity index (χ1v) is 8.45. The van der Waals surface area contributed by atoms with Gasteiger partial charge in [-0.3, -0.25) is 4.79 Å². The molecular weight excluding hydrogens is 346 g/mol. The maximum absolute atomic E-state index is 12.3. The highest BCUT2D eigenvalue weighted by Crippen LogP contribution is 2.31. The van der Waals surface area contributed by atoms with Gasteiger partial charge in [-0.15, -0.1) is 5.10 Å². The normalized spacial score (nSPS) is 11.2. The van der Waals surface area contributed by atoms with Crippen molar-refractivity contribution < 1.29 is 4.79 Å². The van der Waals surface area contributed by atoms with Crippen molar-refractivity contribution in [3.63, 3.8) is 0 Å². The molecule has 0 unspecified atom stereocenters. The molecule has 0 atom stereocenters. The Balaban J connectivity index is 1.57. The maximum atomic E-state index is 12.3. The molecule has 0 saturated carbocycles. The van der Waals surface area contributed by atoms with Crippen molar-refractivity contribution >= 4 is 55.2 Å². The van der Waals surface area contributed by atoms with E-state index < -0.39 is 0 Å². The second kappa shape index (κ2) is 5.85. The number of hydrogen-bond donors (Lipinski definition) is 1. The summed E-state index contributed by atoms with van der Waals surface area (Å²) in [5.74, 6) is -0.201. The van der Waals surface area contributed by atoms with E-state index in [1.165, 1.54) is 11.3 Å². The predicted molar refractivity (Wildman–Crippen MR) is 95.5 cm³/mol. The summed E-state index contributed by atoms with van der Waals surface area (Å²) in [7, 11) is 0. The topological polar surface area (TPSA) is 72.7 Å². The van der Waals surface area contributed by atoms with Gasteiger partial charge >= 0.3 is 0 Å². The lowest BCUT2D eigenvalue weighted by Gasteiger charge is -2.02. The van der Waals surface area contributed by atoms with Gasteiger partial charge in [-0.05, 0) is 36.8 Å². The molecule has 0 spiro atoms. The largest absolute Gasteiger partial charge is 0.300 e. The SMILES string of the molecule is Cc1c(Cl)ccc2sc(NC(=O)Cn3nnc4ccccc43)nc12. The molecule has 2 heterocycles. The number of aromatic nitrogens is 4. The molecule has 0 aliphatic rings. The molecule has 24 heavy (non-hydrogen) atoms. The van der Waals surface area contributed by atoms with E-state index >= 15 is 0 Å². The van der Waals surface area contributed by atoms with E-state index in [4.69, 9.17) is 11.6 Å². The number of rotatable bonds is 3. The summed E-state index contributed by atoms with van der Waals surface area (Å²) >= 11 is 7.53. The van der Waals surface area contributed by atoms with Gasteiger partial charge in [0.1, 0.15) is 12.1 Å². The van der Waals surface area contributed by atoms with Gasteiger partial charge in [0, 0.05) is 5.02 Å². The zero-order valence-corrected chi connectivity index (χ0v) is 14.2. The summed E-state index contributed by atoms with van der Waals surface area (Å²) in [6.45, 7) is 1.99. The number of halogens is 1. The fourth-order valence-corrected chi connectivity index (χ4v) is 3.58. The molecular formula is C16H12ClN5OS. The van der Waals surface area contributed by atoms with Gasteiger partial charge in [-0.1, -0.05) is 40.3 Å². The monoisotopic (exact) mass is 357 g/mol. The number of carbonyl (C=O) groups excluding carboxylic acids is 1. The van der Waals surface area contributed by atoms with Crippen molar-refractivity contribution in [2.45, 2.75) is 13.5 Å². The number of nitrogens with zero attached hydrogens (tertiary/aromatic N) is 4. The Bertz CT molecular complexity index is 1070. The number of aryl methyl sites for hydroxylation is 1. The molecule has 1 amide bonds. The molecule has 0 radical (unpaired) electrons. The number of fused-ring (bicyclic) bond motifs is 2. The second-order valence-corrected chi connectivity index (χ2v) is 6.76. The lowest BCUT2D eigenvalue weighted by molar-refractivity contribution is -0.116. The molecule has 0 saturated heterocycles. The smallest absolute Gasteiger partial charge is 0.247 e. The number of anilines is 1. The van der Waals surface area contributed by atoms with Crippen molar-refractivity contribution in [2.24, 2.45) is 0 Å². The fraction of sp³-hybridized carbons (Fsp3) is 0.125. The molecule has 6 nitrogen and oxygen atoms in total. The third-order valence-corrected chi connectivity index (χ3v) is 5.05. The third-order valence-electron chi connectivity index (χ3n) is 3.71. The van der Waals surface area contributed by atoms with Gasteiger partial charge < -0.3 is 5.32 Å². The number of nitrogens with one attached hydrogen (secondary N) is 1. The minimum atomic E-state index is -0.201. The van der Waals surface area contributed by atoms with Gasteiger partial charge in [0.25, 0.3) is 0 Å². The van der Waals surface area contributed by atoms with E-state index in [9.17, 15) is 4.79 Å². The molecule has 4 rings (SSSR count). The van der Waals surface area contributed by atoms with Crippen LogP contribution in [0.3, 0.4) is 0 Å². The van der Waals surface area contributed by atoms with Gasteiger partial charge in [0.05, 0.1) is 15.7 Å². The molecule has 4 aromatic rings. The summed E-state index contributed by atoms with van der Waals surface area (Å²) in [4.78, 5) is 16.8. The summed E-state index contributed by atoms with van der Waals surface area (Å²) < 4.78 is 2.55. The van der Waals surface area contributed by atoms with Crippen LogP contribution in [-0.4, -0.2) is 25.9 Å². The highest BCUT2D eigenvalue weighted by atomic mass is 35.5. The highest BCUT2D eigenvalue weighted by molar-refractivity contribution is 7.22. The van der Waals surface area contributed by atoms with Crippen LogP contribution < -0.4 is 5.32 Å². The van der Waals surface area contributed by atoms with E-state index in [1.807, 2.05) is 43.3 Å². The number of carbonyl (C=O) groups is 1. The van der Waals surface area contributed by atoms with Gasteiger partial charge in [-0.25, -0.2) is 9.67 Å². The quantitative estimate of drug-likeness (QED) is 0.607. The Hall–Kier alpha value is -2.51. The Labute approximate surface area is 146 Å². The molecule has 1 N–H and O–H groups in total. The van der Waals surface area contributed by atoms with E-state index in [0.29, 0.717) is 10.2 Å². The Kier molecular flexibility index (Phi) is 3.66. The number of hydrogen-bond acceptors (Lipinski definition) is 5. The molecule has 0 aliphatic heterocycles. The van der Waals surface area contributed by atoms with E-state index in [-0.39, 0.29) is 12.5 Å². The summed E-state index contributed by atoms with van der Waals surface area (Å²) in [5, 5.41) is 12.1. The predicted octanol–water partition coefficient (Wildman–Crippen LogP) is 3.64. The highest BCUT2D eigenvalue weighted by Gasteiger charge is 2.13. The van der Waals surface area contributed by atoms with Gasteiger partial charge in [0.2, 0.25) is 5.91 Å².